The molecule has 3 rings (SSSR count). The van der Waals surface area contributed by atoms with Crippen LogP contribution in [0, 0.1) is 0 Å². The zero-order valence-electron chi connectivity index (χ0n) is 10.2. The zero-order chi connectivity index (χ0) is 11.8. The van der Waals surface area contributed by atoms with Gasteiger partial charge in [0.25, 0.3) is 0 Å². The third kappa shape index (κ3) is 2.16. The molecule has 0 saturated carbocycles. The standard InChI is InChI=1S/C12H19BrN4/c1-16-7-5-14-9(8-16)12-15-11(13)10-4-2-3-6-17(10)12/h9,14H,2-8H2,1H3. The second-order valence-electron chi connectivity index (χ2n) is 5.09. The number of nitrogens with one attached hydrogen (secondary N) is 1. The lowest BCUT2D eigenvalue weighted by molar-refractivity contribution is 0.231. The van der Waals surface area contributed by atoms with Gasteiger partial charge in [-0.25, -0.2) is 4.98 Å². The summed E-state index contributed by atoms with van der Waals surface area (Å²) in [5.74, 6) is 1.22. The molecule has 0 bridgehead atoms. The van der Waals surface area contributed by atoms with Crippen LogP contribution < -0.4 is 5.32 Å². The van der Waals surface area contributed by atoms with Crippen molar-refractivity contribution in [1.29, 1.82) is 0 Å². The highest BCUT2D eigenvalue weighted by atomic mass is 79.9. The minimum Gasteiger partial charge on any atom is -0.330 e. The van der Waals surface area contributed by atoms with Gasteiger partial charge in [-0.3, -0.25) is 0 Å². The van der Waals surface area contributed by atoms with E-state index in [4.69, 9.17) is 4.98 Å². The fourth-order valence-electron chi connectivity index (χ4n) is 2.86. The number of fused-ring (bicyclic) bond motifs is 1. The van der Waals surface area contributed by atoms with E-state index in [1.807, 2.05) is 0 Å². The second kappa shape index (κ2) is 4.71. The molecule has 1 fully saturated rings. The SMILES string of the molecule is CN1CCNC(c2nc(Br)c3n2CCCC3)C1. The maximum absolute atomic E-state index is 4.74. The first-order valence-electron chi connectivity index (χ1n) is 6.42. The topological polar surface area (TPSA) is 33.1 Å². The molecule has 0 spiro atoms. The normalized spacial score (nSPS) is 25.9. The van der Waals surface area contributed by atoms with E-state index < -0.39 is 0 Å². The molecule has 0 amide bonds. The molecular weight excluding hydrogens is 280 g/mol. The Balaban J connectivity index is 1.91. The molecular formula is C12H19BrN4. The molecule has 2 aliphatic rings. The molecule has 1 atom stereocenters. The number of aromatic nitrogens is 2. The average Bonchev–Trinajstić information content (AvgIpc) is 2.68. The van der Waals surface area contributed by atoms with Crippen LogP contribution in [0.4, 0.5) is 0 Å². The van der Waals surface area contributed by atoms with Crippen LogP contribution in [0.25, 0.3) is 0 Å². The summed E-state index contributed by atoms with van der Waals surface area (Å²) in [5, 5.41) is 3.58. The van der Waals surface area contributed by atoms with E-state index in [0.29, 0.717) is 6.04 Å². The third-order valence-electron chi connectivity index (χ3n) is 3.79. The number of hydrogen-bond acceptors (Lipinski definition) is 3. The van der Waals surface area contributed by atoms with Crippen LogP contribution in [-0.4, -0.2) is 41.1 Å². The minimum atomic E-state index is 0.386. The van der Waals surface area contributed by atoms with E-state index in [1.54, 1.807) is 0 Å². The van der Waals surface area contributed by atoms with Crippen molar-refractivity contribution in [3.05, 3.63) is 16.1 Å². The van der Waals surface area contributed by atoms with E-state index in [-0.39, 0.29) is 0 Å². The lowest BCUT2D eigenvalue weighted by Crippen LogP contribution is -2.44. The Kier molecular flexibility index (Phi) is 3.23. The number of piperazine rings is 1. The smallest absolute Gasteiger partial charge is 0.128 e. The van der Waals surface area contributed by atoms with Crippen LogP contribution in [0.2, 0.25) is 0 Å². The van der Waals surface area contributed by atoms with Gasteiger partial charge in [-0.05, 0) is 42.2 Å². The molecule has 1 aromatic heterocycles. The van der Waals surface area contributed by atoms with Crippen LogP contribution in [0.15, 0.2) is 4.60 Å². The summed E-state index contributed by atoms with van der Waals surface area (Å²) in [6.45, 7) is 4.38. The zero-order valence-corrected chi connectivity index (χ0v) is 11.8. The molecule has 3 heterocycles. The summed E-state index contributed by atoms with van der Waals surface area (Å²) in [6, 6.07) is 0.386. The first-order valence-corrected chi connectivity index (χ1v) is 7.22. The summed E-state index contributed by atoms with van der Waals surface area (Å²) in [6.07, 6.45) is 3.74. The van der Waals surface area contributed by atoms with Gasteiger partial charge in [0, 0.05) is 26.2 Å². The van der Waals surface area contributed by atoms with Crippen molar-refractivity contribution >= 4 is 15.9 Å². The van der Waals surface area contributed by atoms with Gasteiger partial charge in [-0.2, -0.15) is 0 Å². The Morgan fingerprint density at radius 2 is 2.24 bits per heavy atom. The Labute approximate surface area is 111 Å². The fraction of sp³-hybridized carbons (Fsp3) is 0.750. The van der Waals surface area contributed by atoms with Crippen LogP contribution in [0.1, 0.15) is 30.4 Å². The van der Waals surface area contributed by atoms with Gasteiger partial charge < -0.3 is 14.8 Å². The number of halogens is 1. The van der Waals surface area contributed by atoms with Crippen LogP contribution in [-0.2, 0) is 13.0 Å². The molecule has 0 aromatic carbocycles. The molecule has 2 aliphatic heterocycles. The lowest BCUT2D eigenvalue weighted by Gasteiger charge is -2.31. The van der Waals surface area contributed by atoms with E-state index in [1.165, 1.54) is 24.4 Å². The van der Waals surface area contributed by atoms with Crippen molar-refractivity contribution in [2.75, 3.05) is 26.7 Å². The van der Waals surface area contributed by atoms with Crippen molar-refractivity contribution in [1.82, 2.24) is 19.8 Å². The third-order valence-corrected chi connectivity index (χ3v) is 4.42. The summed E-state index contributed by atoms with van der Waals surface area (Å²) >= 11 is 3.61. The summed E-state index contributed by atoms with van der Waals surface area (Å²) in [5.41, 5.74) is 1.39. The number of hydrogen-bond donors (Lipinski definition) is 1. The maximum Gasteiger partial charge on any atom is 0.128 e. The largest absolute Gasteiger partial charge is 0.330 e. The molecule has 1 aromatic rings. The fourth-order valence-corrected chi connectivity index (χ4v) is 3.46. The predicted octanol–water partition coefficient (Wildman–Crippen LogP) is 1.56. The molecule has 4 nitrogen and oxygen atoms in total. The minimum absolute atomic E-state index is 0.386. The molecule has 94 valence electrons. The Hall–Kier alpha value is -0.390. The van der Waals surface area contributed by atoms with Gasteiger partial charge in [-0.1, -0.05) is 0 Å². The van der Waals surface area contributed by atoms with Crippen molar-refractivity contribution < 1.29 is 0 Å². The highest BCUT2D eigenvalue weighted by Gasteiger charge is 2.26. The molecule has 0 radical (unpaired) electrons. The average molecular weight is 299 g/mol. The quantitative estimate of drug-likeness (QED) is 0.854. The maximum atomic E-state index is 4.74. The Bertz CT molecular complexity index is 415. The van der Waals surface area contributed by atoms with Crippen LogP contribution >= 0.6 is 15.9 Å². The van der Waals surface area contributed by atoms with E-state index >= 15 is 0 Å². The van der Waals surface area contributed by atoms with Crippen molar-refractivity contribution in [3.8, 4) is 0 Å². The number of nitrogens with zero attached hydrogens (tertiary/aromatic N) is 3. The van der Waals surface area contributed by atoms with Crippen LogP contribution in [0.3, 0.4) is 0 Å². The van der Waals surface area contributed by atoms with E-state index in [0.717, 1.165) is 37.2 Å². The van der Waals surface area contributed by atoms with Crippen molar-refractivity contribution in [3.63, 3.8) is 0 Å². The van der Waals surface area contributed by atoms with Crippen molar-refractivity contribution in [2.45, 2.75) is 31.8 Å². The van der Waals surface area contributed by atoms with Crippen molar-refractivity contribution in [2.24, 2.45) is 0 Å². The summed E-state index contributed by atoms with van der Waals surface area (Å²) < 4.78 is 3.48. The van der Waals surface area contributed by atoms with E-state index in [9.17, 15) is 0 Å². The molecule has 1 unspecified atom stereocenters. The van der Waals surface area contributed by atoms with Gasteiger partial charge in [0.2, 0.25) is 0 Å². The molecule has 0 aliphatic carbocycles. The highest BCUT2D eigenvalue weighted by Crippen LogP contribution is 2.28. The Morgan fingerprint density at radius 1 is 1.35 bits per heavy atom. The molecule has 1 saturated heterocycles. The summed E-state index contributed by atoms with van der Waals surface area (Å²) in [4.78, 5) is 7.12. The molecule has 5 heteroatoms. The number of rotatable bonds is 1. The predicted molar refractivity (Wildman–Crippen MR) is 71.1 cm³/mol. The van der Waals surface area contributed by atoms with Gasteiger partial charge >= 0.3 is 0 Å². The highest BCUT2D eigenvalue weighted by molar-refractivity contribution is 9.10. The lowest BCUT2D eigenvalue weighted by atomic mass is 10.1. The van der Waals surface area contributed by atoms with Gasteiger partial charge in [0.05, 0.1) is 11.7 Å². The van der Waals surface area contributed by atoms with Gasteiger partial charge in [-0.15, -0.1) is 0 Å². The molecule has 17 heavy (non-hydrogen) atoms. The van der Waals surface area contributed by atoms with Crippen LogP contribution in [0.5, 0.6) is 0 Å². The van der Waals surface area contributed by atoms with Gasteiger partial charge in [0.1, 0.15) is 10.4 Å². The first-order chi connectivity index (χ1) is 8.25. The monoisotopic (exact) mass is 298 g/mol. The second-order valence-corrected chi connectivity index (χ2v) is 5.84. The number of imidazole rings is 1. The first kappa shape index (κ1) is 11.7. The Morgan fingerprint density at radius 3 is 3.06 bits per heavy atom. The number of likely N-dealkylation sites (N-methyl/N-ethyl adjacent to an activating group) is 1. The molecule has 1 N–H and O–H groups in total. The van der Waals surface area contributed by atoms with E-state index in [2.05, 4.69) is 37.8 Å². The van der Waals surface area contributed by atoms with Gasteiger partial charge in [0.15, 0.2) is 0 Å². The summed E-state index contributed by atoms with van der Waals surface area (Å²) in [7, 11) is 2.18.